The summed E-state index contributed by atoms with van der Waals surface area (Å²) in [6.07, 6.45) is 6.98. The molecule has 2 aliphatic heterocycles. The zero-order chi connectivity index (χ0) is 36.5. The predicted molar refractivity (Wildman–Crippen MR) is 206 cm³/mol. The summed E-state index contributed by atoms with van der Waals surface area (Å²) in [5.74, 6) is -0.823. The van der Waals surface area contributed by atoms with Crippen LogP contribution in [0.25, 0.3) is 21.3 Å². The van der Waals surface area contributed by atoms with Gasteiger partial charge >= 0.3 is 5.97 Å². The monoisotopic (exact) mass is 729 g/mol. The molecule has 1 amide bonds. The van der Waals surface area contributed by atoms with Crippen LogP contribution in [0.4, 0.5) is 10.9 Å². The van der Waals surface area contributed by atoms with Gasteiger partial charge in [0.2, 0.25) is 0 Å². The van der Waals surface area contributed by atoms with Crippen molar-refractivity contribution in [1.29, 1.82) is 5.26 Å². The zero-order valence-electron chi connectivity index (χ0n) is 29.9. The second kappa shape index (κ2) is 14.7. The molecule has 3 aromatic heterocycles. The minimum atomic E-state index is -1.12. The summed E-state index contributed by atoms with van der Waals surface area (Å²) in [5, 5.41) is 24.5. The van der Waals surface area contributed by atoms with E-state index in [-0.39, 0.29) is 17.1 Å². The number of ether oxygens (including phenoxy) is 1. The van der Waals surface area contributed by atoms with E-state index in [0.717, 1.165) is 71.4 Å². The highest BCUT2D eigenvalue weighted by Gasteiger charge is 2.40. The van der Waals surface area contributed by atoms with Gasteiger partial charge in [-0.1, -0.05) is 61.8 Å². The average molecular weight is 730 g/mol. The van der Waals surface area contributed by atoms with Crippen molar-refractivity contribution in [2.45, 2.75) is 70.5 Å². The zero-order valence-corrected chi connectivity index (χ0v) is 30.8. The van der Waals surface area contributed by atoms with Gasteiger partial charge in [0, 0.05) is 60.6 Å². The molecular formula is C41H43N7O4S. The Kier molecular flexibility index (Phi) is 9.72. The number of pyridine rings is 1. The van der Waals surface area contributed by atoms with Crippen LogP contribution in [0.2, 0.25) is 0 Å². The van der Waals surface area contributed by atoms with Crippen molar-refractivity contribution in [3.8, 4) is 17.2 Å². The fourth-order valence-electron chi connectivity index (χ4n) is 8.68. The van der Waals surface area contributed by atoms with E-state index in [2.05, 4.69) is 32.8 Å². The number of aromatic carboxylic acids is 1. The van der Waals surface area contributed by atoms with E-state index in [1.54, 1.807) is 0 Å². The fourth-order valence-corrected chi connectivity index (χ4v) is 9.54. The third kappa shape index (κ3) is 6.69. The summed E-state index contributed by atoms with van der Waals surface area (Å²) in [7, 11) is 0. The number of para-hydroxylation sites is 1. The Hall–Kier alpha value is -5.09. The summed E-state index contributed by atoms with van der Waals surface area (Å²) in [6.45, 7) is 6.97. The number of nitrogens with zero attached hydrogens (tertiary/aromatic N) is 6. The van der Waals surface area contributed by atoms with Gasteiger partial charge in [-0.2, -0.15) is 5.26 Å². The quantitative estimate of drug-likeness (QED) is 0.162. The van der Waals surface area contributed by atoms with Gasteiger partial charge in [-0.25, -0.2) is 14.8 Å². The van der Waals surface area contributed by atoms with Gasteiger partial charge < -0.3 is 19.3 Å². The van der Waals surface area contributed by atoms with Crippen LogP contribution in [0, 0.1) is 11.3 Å². The number of carboxylic acid groups (broad SMARTS) is 1. The highest BCUT2D eigenvalue weighted by Crippen LogP contribution is 2.39. The Morgan fingerprint density at radius 3 is 2.57 bits per heavy atom. The van der Waals surface area contributed by atoms with Crippen LogP contribution in [0.3, 0.4) is 0 Å². The molecule has 8 rings (SSSR count). The first-order valence-electron chi connectivity index (χ1n) is 18.6. The van der Waals surface area contributed by atoms with Crippen molar-refractivity contribution >= 4 is 44.4 Å². The van der Waals surface area contributed by atoms with E-state index in [9.17, 15) is 20.0 Å². The van der Waals surface area contributed by atoms with Crippen molar-refractivity contribution in [2.24, 2.45) is 0 Å². The number of nitriles is 1. The lowest BCUT2D eigenvalue weighted by Gasteiger charge is -2.48. The van der Waals surface area contributed by atoms with Crippen molar-refractivity contribution in [3.05, 3.63) is 94.4 Å². The number of anilines is 2. The van der Waals surface area contributed by atoms with Gasteiger partial charge in [-0.15, -0.1) is 0 Å². The van der Waals surface area contributed by atoms with Crippen LogP contribution >= 0.6 is 11.3 Å². The average Bonchev–Trinajstić information content (AvgIpc) is 3.77. The molecule has 0 unspecified atom stereocenters. The number of rotatable bonds is 9. The molecule has 1 saturated carbocycles. The maximum atomic E-state index is 13.6. The maximum absolute atomic E-state index is 13.6. The fraction of sp³-hybridized carbons (Fsp3) is 0.390. The number of nitrogens with one attached hydrogen (secondary N) is 1. The van der Waals surface area contributed by atoms with Crippen molar-refractivity contribution < 1.29 is 19.4 Å². The van der Waals surface area contributed by atoms with Gasteiger partial charge in [-0.05, 0) is 73.2 Å². The summed E-state index contributed by atoms with van der Waals surface area (Å²) in [6, 6.07) is 21.5. The highest BCUT2D eigenvalue weighted by atomic mass is 32.1. The number of carbonyl (C=O) groups excluding carboxylic acids is 1. The number of thiazole rings is 1. The predicted octanol–water partition coefficient (Wildman–Crippen LogP) is 7.14. The molecule has 2 fully saturated rings. The van der Waals surface area contributed by atoms with Crippen molar-refractivity contribution in [3.63, 3.8) is 0 Å². The topological polar surface area (TPSA) is 137 Å². The molecule has 2 aromatic carbocycles. The minimum absolute atomic E-state index is 0.0490. The molecule has 1 saturated heterocycles. The van der Waals surface area contributed by atoms with E-state index in [1.807, 2.05) is 65.6 Å². The first-order valence-corrected chi connectivity index (χ1v) is 19.4. The molecule has 5 aromatic rings. The van der Waals surface area contributed by atoms with Gasteiger partial charge in [0.25, 0.3) is 5.91 Å². The molecule has 0 spiro atoms. The summed E-state index contributed by atoms with van der Waals surface area (Å²) in [5.41, 5.74) is 5.99. The van der Waals surface area contributed by atoms with Crippen LogP contribution in [0.15, 0.2) is 60.7 Å². The van der Waals surface area contributed by atoms with Crippen LogP contribution in [0.5, 0.6) is 0 Å². The van der Waals surface area contributed by atoms with Gasteiger partial charge in [0.15, 0.2) is 10.8 Å². The SMILES string of the molecule is CCc1c(-c2ccc(N3CCc4cccc(C(=O)Nc5nc6ccccc6s5)c4C3)nc2C(=O)O)cc(C#N)n1CC1(N2CCOCC2)CCCCC1. The van der Waals surface area contributed by atoms with E-state index in [1.165, 1.54) is 17.8 Å². The highest BCUT2D eigenvalue weighted by molar-refractivity contribution is 7.22. The van der Waals surface area contributed by atoms with Gasteiger partial charge in [0.1, 0.15) is 17.6 Å². The lowest BCUT2D eigenvalue weighted by Crippen LogP contribution is -2.56. The Morgan fingerprint density at radius 2 is 1.81 bits per heavy atom. The first-order chi connectivity index (χ1) is 25.9. The molecule has 1 aliphatic carbocycles. The van der Waals surface area contributed by atoms with E-state index >= 15 is 0 Å². The molecule has 53 heavy (non-hydrogen) atoms. The normalized spacial score (nSPS) is 17.3. The Labute approximate surface area is 312 Å². The van der Waals surface area contributed by atoms with Crippen LogP contribution in [-0.4, -0.2) is 74.8 Å². The largest absolute Gasteiger partial charge is 0.476 e. The molecule has 11 nitrogen and oxygen atoms in total. The smallest absolute Gasteiger partial charge is 0.355 e. The van der Waals surface area contributed by atoms with Crippen LogP contribution in [0.1, 0.15) is 82.4 Å². The molecule has 2 N–H and O–H groups in total. The van der Waals surface area contributed by atoms with E-state index in [0.29, 0.717) is 73.5 Å². The molecule has 0 radical (unpaired) electrons. The number of hydrogen-bond acceptors (Lipinski definition) is 9. The maximum Gasteiger partial charge on any atom is 0.355 e. The number of hydrogen-bond donors (Lipinski definition) is 2. The molecule has 3 aliphatic rings. The number of amides is 1. The molecule has 5 heterocycles. The van der Waals surface area contributed by atoms with Crippen LogP contribution in [-0.2, 0) is 30.7 Å². The summed E-state index contributed by atoms with van der Waals surface area (Å²) in [4.78, 5) is 40.5. The summed E-state index contributed by atoms with van der Waals surface area (Å²) < 4.78 is 8.86. The van der Waals surface area contributed by atoms with Gasteiger partial charge in [-0.3, -0.25) is 15.0 Å². The molecule has 0 bridgehead atoms. The number of aromatic nitrogens is 3. The number of fused-ring (bicyclic) bond motifs is 2. The molecule has 12 heteroatoms. The van der Waals surface area contributed by atoms with Crippen LogP contribution < -0.4 is 10.2 Å². The third-order valence-electron chi connectivity index (χ3n) is 11.3. The van der Waals surface area contributed by atoms with E-state index in [4.69, 9.17) is 9.72 Å². The molecule has 0 atom stereocenters. The number of benzene rings is 2. The standard InChI is InChI=1S/C41H43N7O4S/c1-2-34-31(23-28(24-42)48(34)26-41(16-6-3-7-17-41)47-19-21-52-22-20-47)29-13-14-36(44-37(29)39(50)51)46-18-15-27-9-8-10-30(32(27)25-46)38(49)45-40-43-33-11-4-5-12-35(33)53-40/h4-5,8-14,23H,2-3,6-7,15-22,25-26H2,1H3,(H,50,51)(H,43,45,49). The second-order valence-electron chi connectivity index (χ2n) is 14.3. The number of morpholine rings is 1. The third-order valence-corrected chi connectivity index (χ3v) is 12.3. The molecule has 272 valence electrons. The second-order valence-corrected chi connectivity index (χ2v) is 15.3. The molecular weight excluding hydrogens is 687 g/mol. The van der Waals surface area contributed by atoms with Crippen molar-refractivity contribution in [2.75, 3.05) is 43.1 Å². The Bertz CT molecular complexity index is 2190. The lowest BCUT2D eigenvalue weighted by atomic mass is 9.79. The first kappa shape index (κ1) is 35.0. The Morgan fingerprint density at radius 1 is 1.00 bits per heavy atom. The van der Waals surface area contributed by atoms with Gasteiger partial charge in [0.05, 0.1) is 23.4 Å². The van der Waals surface area contributed by atoms with Crippen molar-refractivity contribution in [1.82, 2.24) is 19.4 Å². The number of carbonyl (C=O) groups is 2. The Balaban J connectivity index is 1.09. The number of carboxylic acids is 1. The van der Waals surface area contributed by atoms with E-state index < -0.39 is 5.97 Å². The minimum Gasteiger partial charge on any atom is -0.476 e. The lowest BCUT2D eigenvalue weighted by molar-refractivity contribution is -0.0449. The summed E-state index contributed by atoms with van der Waals surface area (Å²) >= 11 is 1.43.